The van der Waals surface area contributed by atoms with Gasteiger partial charge in [-0.3, -0.25) is 30.3 Å². The highest BCUT2D eigenvalue weighted by Gasteiger charge is 2.25. The second-order valence-electron chi connectivity index (χ2n) is 14.5. The highest BCUT2D eigenvalue weighted by molar-refractivity contribution is 7.93. The van der Waals surface area contributed by atoms with Gasteiger partial charge in [-0.05, 0) is 121 Å². The third-order valence-corrected chi connectivity index (χ3v) is 9.45. The van der Waals surface area contributed by atoms with E-state index in [-0.39, 0.29) is 30.7 Å². The van der Waals surface area contributed by atoms with Gasteiger partial charge >= 0.3 is 0 Å². The lowest BCUT2D eigenvalue weighted by Crippen LogP contribution is -2.35. The van der Waals surface area contributed by atoms with Crippen molar-refractivity contribution >= 4 is 53.6 Å². The van der Waals surface area contributed by atoms with Crippen molar-refractivity contribution in [3.8, 4) is 5.75 Å². The number of carbonyl (C=O) groups is 3. The fourth-order valence-electron chi connectivity index (χ4n) is 6.60. The van der Waals surface area contributed by atoms with Crippen molar-refractivity contribution in [2.75, 3.05) is 58.0 Å². The van der Waals surface area contributed by atoms with Crippen molar-refractivity contribution in [2.45, 2.75) is 80.2 Å². The molecule has 5 N–H and O–H groups in total. The predicted molar refractivity (Wildman–Crippen MR) is 265 cm³/mol. The maximum Gasteiger partial charge on any atom is 0.216 e. The van der Waals surface area contributed by atoms with Gasteiger partial charge in [0.15, 0.2) is 6.29 Å². The van der Waals surface area contributed by atoms with Gasteiger partial charge in [-0.2, -0.15) is 0 Å². The van der Waals surface area contributed by atoms with Crippen LogP contribution in [0.2, 0.25) is 0 Å². The number of aldehydes is 2. The molecule has 0 bridgehead atoms. The van der Waals surface area contributed by atoms with Gasteiger partial charge in [-0.1, -0.05) is 97.8 Å². The number of ether oxygens (including phenoxy) is 1. The molecule has 2 heterocycles. The number of aliphatic imine (C=N–C) groups is 1. The van der Waals surface area contributed by atoms with Crippen LogP contribution >= 0.6 is 12.0 Å². The summed E-state index contributed by atoms with van der Waals surface area (Å²) >= 11 is 0.750. The van der Waals surface area contributed by atoms with Crippen LogP contribution in [0.4, 0.5) is 5.69 Å². The molecule has 0 aromatic heterocycles. The van der Waals surface area contributed by atoms with Crippen molar-refractivity contribution < 1.29 is 23.7 Å². The maximum absolute atomic E-state index is 10.6. The fraction of sp³-hybridized carbons (Fsp3) is 0.400. The van der Waals surface area contributed by atoms with Crippen molar-refractivity contribution in [2.24, 2.45) is 4.99 Å². The summed E-state index contributed by atoms with van der Waals surface area (Å²) in [5.41, 5.74) is 9.53. The van der Waals surface area contributed by atoms with Gasteiger partial charge in [-0.25, -0.2) is 0 Å². The molecule has 0 unspecified atom stereocenters. The molecule has 4 aromatic rings. The Morgan fingerprint density at radius 1 is 0.921 bits per heavy atom. The minimum absolute atomic E-state index is 0.0288. The van der Waals surface area contributed by atoms with E-state index in [1.54, 1.807) is 30.2 Å². The van der Waals surface area contributed by atoms with Crippen LogP contribution in [0.1, 0.15) is 92.3 Å². The first-order valence-corrected chi connectivity index (χ1v) is 22.6. The second kappa shape index (κ2) is 32.2. The predicted octanol–water partition coefficient (Wildman–Crippen LogP) is 9.15. The normalized spacial score (nSPS) is 13.0. The van der Waals surface area contributed by atoms with E-state index in [0.717, 1.165) is 65.3 Å². The third kappa shape index (κ3) is 21.0. The van der Waals surface area contributed by atoms with Gasteiger partial charge < -0.3 is 29.6 Å². The SMILES string of the molecule is CC.CC(=N)N1C(=N)CN=C(c2ccc(C)cc2)c2cc(OCC=O)ccc21.CCNC(C)=O.CNCc1cccc(C2CCN(C)CC2)c1.CSO.Cc1cccc(CC=O)c1. The van der Waals surface area contributed by atoms with Crippen LogP contribution in [0.3, 0.4) is 0 Å². The minimum Gasteiger partial charge on any atom is -0.486 e. The van der Waals surface area contributed by atoms with Gasteiger partial charge in [0.25, 0.3) is 0 Å². The molecule has 6 rings (SSSR count). The molecule has 0 spiro atoms. The van der Waals surface area contributed by atoms with Gasteiger partial charge in [0.2, 0.25) is 5.91 Å². The third-order valence-electron chi connectivity index (χ3n) is 9.45. The number of amidine groups is 2. The Morgan fingerprint density at radius 2 is 1.56 bits per heavy atom. The van der Waals surface area contributed by atoms with E-state index in [2.05, 4.69) is 51.8 Å². The Morgan fingerprint density at radius 3 is 2.10 bits per heavy atom. The van der Waals surface area contributed by atoms with Crippen LogP contribution in [-0.4, -0.2) is 98.5 Å². The van der Waals surface area contributed by atoms with Gasteiger partial charge in [-0.15, -0.1) is 0 Å². The number of benzodiazepines with no additional fused rings is 1. The largest absolute Gasteiger partial charge is 0.486 e. The monoisotopic (exact) mass is 882 g/mol. The molecular formula is C50H71N7O5S. The molecule has 0 atom stereocenters. The smallest absolute Gasteiger partial charge is 0.216 e. The molecule has 342 valence electrons. The molecule has 63 heavy (non-hydrogen) atoms. The molecule has 0 radical (unpaired) electrons. The lowest BCUT2D eigenvalue weighted by atomic mass is 9.89. The minimum atomic E-state index is -0.0288. The quantitative estimate of drug-likeness (QED) is 0.0451. The first kappa shape index (κ1) is 55.5. The number of anilines is 1. The lowest BCUT2D eigenvalue weighted by Gasteiger charge is -2.29. The standard InChI is InChI=1S/C20H20N4O2.C14H22N2.C9H10O.C4H9NO.C2H6.CH4OS/c1-13-3-5-15(6-4-13)20-17-11-16(26-10-9-25)7-8-18(17)24(14(2)21)19(22)12-23-20;1-15-11-12-4-3-5-14(10-12)13-6-8-16(2)9-7-13;1-8-3-2-4-9(7-8)5-6-10;1-3-5-4(2)6;1-2;1-3-2/h3-9,11,21-22H,10,12H2,1-2H3;3-5,10,13,15H,6-9,11H2,1-2H3;2-4,6-7H,5H2,1H3;3H2,1-2H3,(H,5,6);1-2H3;2H,1H3. The molecular weight excluding hydrogens is 811 g/mol. The van der Waals surface area contributed by atoms with Crippen LogP contribution in [0, 0.1) is 24.7 Å². The average molecular weight is 882 g/mol. The van der Waals surface area contributed by atoms with E-state index >= 15 is 0 Å². The highest BCUT2D eigenvalue weighted by Crippen LogP contribution is 2.31. The molecule has 13 heteroatoms. The van der Waals surface area contributed by atoms with E-state index in [4.69, 9.17) is 20.1 Å². The molecule has 1 fully saturated rings. The number of nitrogens with one attached hydrogen (secondary N) is 4. The number of benzene rings is 4. The molecule has 12 nitrogen and oxygen atoms in total. The zero-order valence-corrected chi connectivity index (χ0v) is 39.9. The van der Waals surface area contributed by atoms with Crippen molar-refractivity contribution in [1.29, 1.82) is 10.8 Å². The summed E-state index contributed by atoms with van der Waals surface area (Å²) in [5.74, 6) is 1.85. The summed E-state index contributed by atoms with van der Waals surface area (Å²) < 4.78 is 12.9. The molecule has 4 aromatic carbocycles. The van der Waals surface area contributed by atoms with Gasteiger partial charge in [0.1, 0.15) is 30.3 Å². The van der Waals surface area contributed by atoms with Crippen LogP contribution < -0.4 is 20.3 Å². The van der Waals surface area contributed by atoms with Crippen LogP contribution in [0.25, 0.3) is 0 Å². The number of piperidine rings is 1. The summed E-state index contributed by atoms with van der Waals surface area (Å²) in [5, 5.41) is 22.1. The Balaban J connectivity index is 0.000000455. The number of hydrogen-bond acceptors (Lipinski definition) is 11. The number of hydrogen-bond donors (Lipinski definition) is 5. The van der Waals surface area contributed by atoms with E-state index in [9.17, 15) is 14.4 Å². The van der Waals surface area contributed by atoms with Crippen LogP contribution in [0.15, 0.2) is 96.0 Å². The van der Waals surface area contributed by atoms with Crippen molar-refractivity contribution in [3.63, 3.8) is 0 Å². The topological polar surface area (TPSA) is 171 Å². The number of rotatable bonds is 10. The van der Waals surface area contributed by atoms with Crippen LogP contribution in [0.5, 0.6) is 5.75 Å². The number of aryl methyl sites for hydroxylation is 2. The first-order chi connectivity index (χ1) is 30.3. The number of nitrogens with zero attached hydrogens (tertiary/aromatic N) is 3. The Bertz CT molecular complexity index is 2010. The fourth-order valence-corrected chi connectivity index (χ4v) is 6.60. The average Bonchev–Trinajstić information content (AvgIpc) is 3.41. The molecule has 2 aliphatic heterocycles. The summed E-state index contributed by atoms with van der Waals surface area (Å²) in [4.78, 5) is 39.3. The molecule has 1 amide bonds. The van der Waals surface area contributed by atoms with E-state index in [0.29, 0.717) is 24.1 Å². The maximum atomic E-state index is 10.6. The number of likely N-dealkylation sites (tertiary alicyclic amines) is 1. The van der Waals surface area contributed by atoms with Gasteiger partial charge in [0.05, 0.1) is 17.9 Å². The summed E-state index contributed by atoms with van der Waals surface area (Å²) in [6.07, 6.45) is 6.36. The molecule has 1 saturated heterocycles. The van der Waals surface area contributed by atoms with Crippen molar-refractivity contribution in [3.05, 3.63) is 130 Å². The highest BCUT2D eigenvalue weighted by atomic mass is 32.2. The Kier molecular flexibility index (Phi) is 28.4. The van der Waals surface area contributed by atoms with Crippen LogP contribution in [-0.2, 0) is 27.3 Å². The first-order valence-electron chi connectivity index (χ1n) is 21.4. The number of amides is 1. The molecule has 0 aliphatic carbocycles. The van der Waals surface area contributed by atoms with E-state index in [1.165, 1.54) is 49.5 Å². The van der Waals surface area contributed by atoms with E-state index < -0.39 is 0 Å². The number of fused-ring (bicyclic) bond motifs is 1. The summed E-state index contributed by atoms with van der Waals surface area (Å²) in [7, 11) is 4.22. The zero-order valence-electron chi connectivity index (χ0n) is 39.1. The lowest BCUT2D eigenvalue weighted by molar-refractivity contribution is -0.118. The summed E-state index contributed by atoms with van der Waals surface area (Å²) in [6, 6.07) is 30.4. The second-order valence-corrected chi connectivity index (χ2v) is 14.9. The van der Waals surface area contributed by atoms with Crippen molar-refractivity contribution in [1.82, 2.24) is 15.5 Å². The van der Waals surface area contributed by atoms with E-state index in [1.807, 2.05) is 96.3 Å². The summed E-state index contributed by atoms with van der Waals surface area (Å²) in [6.45, 7) is 17.4. The Labute approximate surface area is 381 Å². The molecule has 0 saturated carbocycles. The zero-order chi connectivity index (χ0) is 47.2. The Hall–Kier alpha value is -5.47. The molecule has 2 aliphatic rings. The van der Waals surface area contributed by atoms with Gasteiger partial charge in [0, 0.05) is 43.8 Å². The number of carbonyl (C=O) groups excluding carboxylic acids is 3.